The van der Waals surface area contributed by atoms with Crippen molar-refractivity contribution in [1.29, 1.82) is 0 Å². The number of likely N-dealkylation sites (N-methyl/N-ethyl adjacent to an activating group) is 1. The highest BCUT2D eigenvalue weighted by atomic mass is 127. The van der Waals surface area contributed by atoms with Crippen molar-refractivity contribution in [3.05, 3.63) is 0 Å². The molecule has 2 unspecified atom stereocenters. The number of halogens is 1. The number of hydrogen-bond acceptors (Lipinski definition) is 5. The van der Waals surface area contributed by atoms with E-state index in [4.69, 9.17) is 14.2 Å². The largest absolute Gasteiger partial charge is 0.381 e. The Bertz CT molecular complexity index is 354. The molecule has 2 saturated heterocycles. The molecule has 0 amide bonds. The molecule has 2 aliphatic heterocycles. The van der Waals surface area contributed by atoms with Crippen molar-refractivity contribution in [2.75, 3.05) is 73.3 Å². The molecule has 0 aliphatic carbocycles. The minimum Gasteiger partial charge on any atom is -0.381 e. The molecule has 2 aliphatic rings. The Morgan fingerprint density at radius 2 is 2.21 bits per heavy atom. The zero-order valence-corrected chi connectivity index (χ0v) is 17.3. The molecule has 2 N–H and O–H groups in total. The zero-order valence-electron chi connectivity index (χ0n) is 15.0. The van der Waals surface area contributed by atoms with Gasteiger partial charge in [0, 0.05) is 52.4 Å². The Morgan fingerprint density at radius 1 is 1.33 bits per heavy atom. The smallest absolute Gasteiger partial charge is 0.191 e. The van der Waals surface area contributed by atoms with Crippen LogP contribution in [0.1, 0.15) is 12.8 Å². The van der Waals surface area contributed by atoms with Crippen LogP contribution in [0.15, 0.2) is 4.99 Å². The van der Waals surface area contributed by atoms with Gasteiger partial charge in [0.15, 0.2) is 5.96 Å². The number of ether oxygens (including phenoxy) is 3. The Labute approximate surface area is 162 Å². The molecule has 2 rings (SSSR count). The minimum absolute atomic E-state index is 0. The van der Waals surface area contributed by atoms with Gasteiger partial charge < -0.3 is 29.7 Å². The summed E-state index contributed by atoms with van der Waals surface area (Å²) in [5.41, 5.74) is 0. The molecular weight excluding hydrogens is 423 g/mol. The van der Waals surface area contributed by atoms with E-state index in [1.807, 2.05) is 0 Å². The molecule has 2 fully saturated rings. The lowest BCUT2D eigenvalue weighted by Crippen LogP contribution is -2.48. The lowest BCUT2D eigenvalue weighted by Gasteiger charge is -2.30. The fourth-order valence-corrected chi connectivity index (χ4v) is 2.77. The van der Waals surface area contributed by atoms with E-state index < -0.39 is 0 Å². The van der Waals surface area contributed by atoms with Crippen molar-refractivity contribution < 1.29 is 14.2 Å². The van der Waals surface area contributed by atoms with Crippen LogP contribution >= 0.6 is 24.0 Å². The molecule has 142 valence electrons. The lowest BCUT2D eigenvalue weighted by atomic mass is 10.1. The maximum atomic E-state index is 5.73. The fraction of sp³-hybridized carbons (Fsp3) is 0.938. The van der Waals surface area contributed by atoms with Crippen molar-refractivity contribution in [2.24, 2.45) is 10.9 Å². The van der Waals surface area contributed by atoms with E-state index in [1.165, 1.54) is 0 Å². The molecule has 0 saturated carbocycles. The third-order valence-electron chi connectivity index (χ3n) is 4.20. The van der Waals surface area contributed by atoms with E-state index in [9.17, 15) is 0 Å². The number of nitrogens with zero attached hydrogens (tertiary/aromatic N) is 2. The first kappa shape index (κ1) is 21.9. The third kappa shape index (κ3) is 8.80. The maximum absolute atomic E-state index is 5.73. The topological polar surface area (TPSA) is 67.4 Å². The monoisotopic (exact) mass is 456 g/mol. The summed E-state index contributed by atoms with van der Waals surface area (Å²) in [6.45, 7) is 7.74. The molecular formula is C16H33IN4O3. The van der Waals surface area contributed by atoms with Crippen molar-refractivity contribution in [1.82, 2.24) is 15.5 Å². The fourth-order valence-electron chi connectivity index (χ4n) is 2.77. The number of rotatable bonds is 8. The summed E-state index contributed by atoms with van der Waals surface area (Å²) in [4.78, 5) is 6.53. The van der Waals surface area contributed by atoms with Crippen LogP contribution in [0.4, 0.5) is 0 Å². The first-order valence-electron chi connectivity index (χ1n) is 8.68. The summed E-state index contributed by atoms with van der Waals surface area (Å²) in [6, 6.07) is 0. The van der Waals surface area contributed by atoms with Crippen LogP contribution < -0.4 is 10.6 Å². The van der Waals surface area contributed by atoms with Gasteiger partial charge in [0.25, 0.3) is 0 Å². The molecule has 0 radical (unpaired) electrons. The van der Waals surface area contributed by atoms with Crippen LogP contribution in [0.2, 0.25) is 0 Å². The van der Waals surface area contributed by atoms with Gasteiger partial charge in [-0.05, 0) is 19.9 Å². The Balaban J connectivity index is 0.00000288. The van der Waals surface area contributed by atoms with Crippen molar-refractivity contribution >= 4 is 29.9 Å². The number of aliphatic imine (C=N–C) groups is 1. The average molecular weight is 456 g/mol. The predicted octanol–water partition coefficient (Wildman–Crippen LogP) is 0.543. The van der Waals surface area contributed by atoms with Gasteiger partial charge in [-0.3, -0.25) is 4.99 Å². The number of hydrogen-bond donors (Lipinski definition) is 2. The van der Waals surface area contributed by atoms with Gasteiger partial charge in [-0.1, -0.05) is 0 Å². The lowest BCUT2D eigenvalue weighted by molar-refractivity contribution is -0.0161. The summed E-state index contributed by atoms with van der Waals surface area (Å²) < 4.78 is 16.8. The molecule has 2 atom stereocenters. The highest BCUT2D eigenvalue weighted by molar-refractivity contribution is 14.0. The van der Waals surface area contributed by atoms with E-state index in [0.29, 0.717) is 5.92 Å². The van der Waals surface area contributed by atoms with Gasteiger partial charge in [-0.2, -0.15) is 0 Å². The van der Waals surface area contributed by atoms with E-state index in [-0.39, 0.29) is 30.1 Å². The van der Waals surface area contributed by atoms with Gasteiger partial charge in [-0.25, -0.2) is 0 Å². The maximum Gasteiger partial charge on any atom is 0.191 e. The third-order valence-corrected chi connectivity index (χ3v) is 4.20. The first-order valence-corrected chi connectivity index (χ1v) is 8.68. The molecule has 0 aromatic rings. The SMILES string of the molecule is CN=C(NCCCOCC1CCOC1)NCC1CN(C)CCO1.I. The molecule has 2 heterocycles. The highest BCUT2D eigenvalue weighted by Crippen LogP contribution is 2.12. The van der Waals surface area contributed by atoms with Crippen LogP contribution in [-0.2, 0) is 14.2 Å². The van der Waals surface area contributed by atoms with Crippen LogP contribution in [0.3, 0.4) is 0 Å². The summed E-state index contributed by atoms with van der Waals surface area (Å²) in [5.74, 6) is 1.41. The normalized spacial score (nSPS) is 25.3. The Morgan fingerprint density at radius 3 is 2.92 bits per heavy atom. The average Bonchev–Trinajstić information content (AvgIpc) is 3.07. The van der Waals surface area contributed by atoms with Gasteiger partial charge in [-0.15, -0.1) is 24.0 Å². The molecule has 0 bridgehead atoms. The molecule has 0 spiro atoms. The van der Waals surface area contributed by atoms with Crippen LogP contribution in [0, 0.1) is 5.92 Å². The first-order chi connectivity index (χ1) is 11.3. The second kappa shape index (κ2) is 13.1. The predicted molar refractivity (Wildman–Crippen MR) is 106 cm³/mol. The quantitative estimate of drug-likeness (QED) is 0.241. The van der Waals surface area contributed by atoms with E-state index >= 15 is 0 Å². The van der Waals surface area contributed by atoms with Crippen molar-refractivity contribution in [3.8, 4) is 0 Å². The van der Waals surface area contributed by atoms with Gasteiger partial charge in [0.2, 0.25) is 0 Å². The van der Waals surface area contributed by atoms with Crippen LogP contribution in [0.5, 0.6) is 0 Å². The molecule has 0 aromatic heterocycles. The summed E-state index contributed by atoms with van der Waals surface area (Å²) in [7, 11) is 3.92. The standard InChI is InChI=1S/C16H32N4O3.HI/c1-17-16(19-10-15-11-20(2)6-9-23-15)18-5-3-7-21-12-14-4-8-22-13-14;/h14-15H,3-13H2,1-2H3,(H2,17,18,19);1H. The van der Waals surface area contributed by atoms with E-state index in [0.717, 1.165) is 78.0 Å². The highest BCUT2D eigenvalue weighted by Gasteiger charge is 2.17. The Kier molecular flexibility index (Phi) is 11.9. The summed E-state index contributed by atoms with van der Waals surface area (Å²) >= 11 is 0. The second-order valence-electron chi connectivity index (χ2n) is 6.29. The Hall–Kier alpha value is -0.160. The van der Waals surface area contributed by atoms with Crippen LogP contribution in [0.25, 0.3) is 0 Å². The molecule has 8 heteroatoms. The van der Waals surface area contributed by atoms with Gasteiger partial charge in [0.05, 0.1) is 25.9 Å². The molecule has 24 heavy (non-hydrogen) atoms. The van der Waals surface area contributed by atoms with E-state index in [1.54, 1.807) is 7.05 Å². The number of nitrogens with one attached hydrogen (secondary N) is 2. The molecule has 7 nitrogen and oxygen atoms in total. The summed E-state index contributed by atoms with van der Waals surface area (Å²) in [5, 5.41) is 6.64. The summed E-state index contributed by atoms with van der Waals surface area (Å²) in [6.07, 6.45) is 2.33. The van der Waals surface area contributed by atoms with Crippen molar-refractivity contribution in [3.63, 3.8) is 0 Å². The minimum atomic E-state index is 0. The zero-order chi connectivity index (χ0) is 16.3. The number of morpholine rings is 1. The van der Waals surface area contributed by atoms with E-state index in [2.05, 4.69) is 27.6 Å². The molecule has 0 aromatic carbocycles. The van der Waals surface area contributed by atoms with Crippen molar-refractivity contribution in [2.45, 2.75) is 18.9 Å². The van der Waals surface area contributed by atoms with Gasteiger partial charge >= 0.3 is 0 Å². The second-order valence-corrected chi connectivity index (χ2v) is 6.29. The van der Waals surface area contributed by atoms with Gasteiger partial charge in [0.1, 0.15) is 0 Å². The number of guanidine groups is 1. The van der Waals surface area contributed by atoms with Crippen LogP contribution in [-0.4, -0.2) is 90.3 Å².